The van der Waals surface area contributed by atoms with Gasteiger partial charge in [0.2, 0.25) is 11.8 Å². The molecule has 0 saturated carbocycles. The molecule has 0 aromatic heterocycles. The van der Waals surface area contributed by atoms with Gasteiger partial charge in [0.05, 0.1) is 37.1 Å². The SMILES string of the molecule is C=CCCC(=O)NC[C@H](OC(=O)[C@@H]1[C@@H]2CC[C@]3(O2)[C@H](C(=O)N(CC=C)c2ccc(Cl)cc2)N([C@@H](CO)C(C)C)C(=O)[C@@H]13)c1ccccc1. The van der Waals surface area contributed by atoms with Crippen LogP contribution in [0.4, 0.5) is 5.69 Å². The smallest absolute Gasteiger partial charge is 0.313 e. The summed E-state index contributed by atoms with van der Waals surface area (Å²) in [6.07, 6.45) is 3.39. The lowest BCUT2D eigenvalue weighted by Crippen LogP contribution is -2.59. The minimum absolute atomic E-state index is 0.0402. The van der Waals surface area contributed by atoms with Crippen LogP contribution in [0, 0.1) is 17.8 Å². The van der Waals surface area contributed by atoms with Gasteiger partial charge in [0.25, 0.3) is 5.91 Å². The van der Waals surface area contributed by atoms with Crippen LogP contribution in [0.15, 0.2) is 79.9 Å². The number of esters is 1. The zero-order chi connectivity index (χ0) is 34.6. The van der Waals surface area contributed by atoms with E-state index in [0.29, 0.717) is 35.5 Å². The van der Waals surface area contributed by atoms with Gasteiger partial charge < -0.3 is 29.7 Å². The molecule has 2 bridgehead atoms. The van der Waals surface area contributed by atoms with Crippen LogP contribution in [0.1, 0.15) is 51.2 Å². The standard InChI is InChI=1S/C37H44ClN3O7/c1-5-7-13-30(43)39-21-29(24-11-9-8-10-12-24)47-36(46)31-28-18-19-37(48-28)32(31)34(44)41(27(22-42)23(3)4)33(37)35(45)40(20-6-2)26-16-14-25(38)15-17-26/h5-6,8-12,14-17,23,27-29,31-33,42H,1-2,7,13,18-22H2,3-4H3,(H,39,43)/t27-,28-,29-,31+,32+,33-,37+/m0/s1. The van der Waals surface area contributed by atoms with Crippen LogP contribution >= 0.6 is 11.6 Å². The number of carbonyl (C=O) groups is 4. The van der Waals surface area contributed by atoms with Crippen molar-refractivity contribution in [3.8, 4) is 0 Å². The highest BCUT2D eigenvalue weighted by atomic mass is 35.5. The van der Waals surface area contributed by atoms with Gasteiger partial charge in [-0.3, -0.25) is 19.2 Å². The first-order chi connectivity index (χ1) is 23.1. The van der Waals surface area contributed by atoms with E-state index in [1.807, 2.05) is 44.2 Å². The molecule has 5 rings (SSSR count). The molecule has 2 N–H and O–H groups in total. The molecule has 3 aliphatic heterocycles. The van der Waals surface area contributed by atoms with Crippen molar-refractivity contribution in [1.82, 2.24) is 10.2 Å². The monoisotopic (exact) mass is 677 g/mol. The number of rotatable bonds is 15. The van der Waals surface area contributed by atoms with E-state index in [1.165, 1.54) is 9.80 Å². The van der Waals surface area contributed by atoms with Crippen molar-refractivity contribution < 1.29 is 33.8 Å². The van der Waals surface area contributed by atoms with Crippen molar-refractivity contribution in [1.29, 1.82) is 0 Å². The first-order valence-electron chi connectivity index (χ1n) is 16.5. The summed E-state index contributed by atoms with van der Waals surface area (Å²) in [6, 6.07) is 14.1. The van der Waals surface area contributed by atoms with E-state index < -0.39 is 59.5 Å². The zero-order valence-electron chi connectivity index (χ0n) is 27.4. The number of likely N-dealkylation sites (tertiary alicyclic amines) is 1. The molecule has 2 aromatic rings. The molecular weight excluding hydrogens is 634 g/mol. The predicted octanol–water partition coefficient (Wildman–Crippen LogP) is 4.62. The van der Waals surface area contributed by atoms with Gasteiger partial charge in [0.1, 0.15) is 17.7 Å². The van der Waals surface area contributed by atoms with E-state index in [2.05, 4.69) is 18.5 Å². The number of carbonyl (C=O) groups excluding carboxylic acids is 4. The number of nitrogens with one attached hydrogen (secondary N) is 1. The number of ether oxygens (including phenoxy) is 2. The Morgan fingerprint density at radius 3 is 2.48 bits per heavy atom. The van der Waals surface area contributed by atoms with Crippen molar-refractivity contribution >= 4 is 41.0 Å². The molecule has 256 valence electrons. The van der Waals surface area contributed by atoms with E-state index in [4.69, 9.17) is 21.1 Å². The molecular formula is C37H44ClN3O7. The van der Waals surface area contributed by atoms with E-state index in [0.717, 1.165) is 0 Å². The molecule has 1 spiro atoms. The summed E-state index contributed by atoms with van der Waals surface area (Å²) < 4.78 is 12.7. The summed E-state index contributed by atoms with van der Waals surface area (Å²) >= 11 is 6.14. The highest BCUT2D eigenvalue weighted by Gasteiger charge is 2.76. The highest BCUT2D eigenvalue weighted by Crippen LogP contribution is 2.59. The lowest BCUT2D eigenvalue weighted by Gasteiger charge is -2.40. The quantitative estimate of drug-likeness (QED) is 0.208. The Morgan fingerprint density at radius 1 is 1.15 bits per heavy atom. The zero-order valence-corrected chi connectivity index (χ0v) is 28.2. The Morgan fingerprint density at radius 2 is 1.85 bits per heavy atom. The first-order valence-corrected chi connectivity index (χ1v) is 16.9. The van der Waals surface area contributed by atoms with Crippen molar-refractivity contribution in [2.24, 2.45) is 17.8 Å². The first kappa shape index (κ1) is 35.3. The normalized spacial score (nSPS) is 25.4. The summed E-state index contributed by atoms with van der Waals surface area (Å²) in [4.78, 5) is 59.0. The number of fused-ring (bicyclic) bond motifs is 1. The molecule has 3 amide bonds. The fourth-order valence-electron chi connectivity index (χ4n) is 7.48. The molecule has 7 atom stereocenters. The molecule has 10 nitrogen and oxygen atoms in total. The van der Waals surface area contributed by atoms with E-state index in [9.17, 15) is 24.3 Å². The predicted molar refractivity (Wildman–Crippen MR) is 182 cm³/mol. The molecule has 0 radical (unpaired) electrons. The van der Waals surface area contributed by atoms with Crippen molar-refractivity contribution in [2.75, 3.05) is 24.6 Å². The lowest BCUT2D eigenvalue weighted by atomic mass is 9.70. The largest absolute Gasteiger partial charge is 0.455 e. The van der Waals surface area contributed by atoms with Gasteiger partial charge in [0, 0.05) is 23.7 Å². The average molecular weight is 678 g/mol. The maximum absolute atomic E-state index is 14.7. The van der Waals surface area contributed by atoms with Crippen LogP contribution in [-0.2, 0) is 28.7 Å². The second-order valence-electron chi connectivity index (χ2n) is 13.0. The minimum atomic E-state index is -1.31. The fraction of sp³-hybridized carbons (Fsp3) is 0.459. The third-order valence-electron chi connectivity index (χ3n) is 9.76. The molecule has 11 heteroatoms. The molecule has 3 heterocycles. The highest BCUT2D eigenvalue weighted by molar-refractivity contribution is 6.30. The van der Waals surface area contributed by atoms with Gasteiger partial charge in [-0.25, -0.2) is 0 Å². The number of nitrogens with zero attached hydrogens (tertiary/aromatic N) is 2. The maximum atomic E-state index is 14.7. The fourth-order valence-corrected chi connectivity index (χ4v) is 7.60. The van der Waals surface area contributed by atoms with Gasteiger partial charge in [0.15, 0.2) is 0 Å². The Balaban J connectivity index is 1.49. The van der Waals surface area contributed by atoms with Crippen LogP contribution in [0.25, 0.3) is 0 Å². The van der Waals surface area contributed by atoms with Gasteiger partial charge in [-0.1, -0.05) is 67.9 Å². The van der Waals surface area contributed by atoms with Crippen LogP contribution in [0.2, 0.25) is 5.02 Å². The summed E-state index contributed by atoms with van der Waals surface area (Å²) in [5.74, 6) is -3.84. The second kappa shape index (κ2) is 15.1. The van der Waals surface area contributed by atoms with Gasteiger partial charge in [-0.15, -0.1) is 13.2 Å². The molecule has 2 aromatic carbocycles. The number of aliphatic hydroxyl groups is 1. The summed E-state index contributed by atoms with van der Waals surface area (Å²) in [5.41, 5.74) is -0.0621. The Labute approximate surface area is 286 Å². The summed E-state index contributed by atoms with van der Waals surface area (Å²) in [7, 11) is 0. The van der Waals surface area contributed by atoms with E-state index >= 15 is 0 Å². The number of aliphatic hydroxyl groups excluding tert-OH is 1. The van der Waals surface area contributed by atoms with Crippen LogP contribution in [-0.4, -0.2) is 77.2 Å². The average Bonchev–Trinajstić information content (AvgIpc) is 3.73. The number of amides is 3. The van der Waals surface area contributed by atoms with Crippen LogP contribution in [0.3, 0.4) is 0 Å². The Kier molecular flexibility index (Phi) is 11.1. The number of anilines is 1. The third kappa shape index (κ3) is 6.66. The van der Waals surface area contributed by atoms with Gasteiger partial charge in [-0.2, -0.15) is 0 Å². The van der Waals surface area contributed by atoms with Crippen molar-refractivity contribution in [3.05, 3.63) is 90.5 Å². The molecule has 0 aliphatic carbocycles. The number of benzene rings is 2. The van der Waals surface area contributed by atoms with Gasteiger partial charge >= 0.3 is 5.97 Å². The topological polar surface area (TPSA) is 125 Å². The second-order valence-corrected chi connectivity index (χ2v) is 13.4. The van der Waals surface area contributed by atoms with E-state index in [-0.39, 0.29) is 37.9 Å². The molecule has 3 aliphatic rings. The lowest BCUT2D eigenvalue weighted by molar-refractivity contribution is -0.161. The van der Waals surface area contributed by atoms with Crippen molar-refractivity contribution in [2.45, 2.75) is 69.4 Å². The van der Waals surface area contributed by atoms with Gasteiger partial charge in [-0.05, 0) is 55.0 Å². The number of hydrogen-bond acceptors (Lipinski definition) is 7. The molecule has 0 unspecified atom stereocenters. The number of allylic oxidation sites excluding steroid dienone is 1. The molecule has 3 fully saturated rings. The van der Waals surface area contributed by atoms with E-state index in [1.54, 1.807) is 36.4 Å². The van der Waals surface area contributed by atoms with Crippen LogP contribution in [0.5, 0.6) is 0 Å². The van der Waals surface area contributed by atoms with Crippen molar-refractivity contribution in [3.63, 3.8) is 0 Å². The maximum Gasteiger partial charge on any atom is 0.313 e. The number of hydrogen-bond donors (Lipinski definition) is 2. The molecule has 48 heavy (non-hydrogen) atoms. The molecule has 3 saturated heterocycles. The minimum Gasteiger partial charge on any atom is -0.455 e. The summed E-state index contributed by atoms with van der Waals surface area (Å²) in [6.45, 7) is 11.1. The number of halogens is 1. The Hall–Kier alpha value is -3.99. The third-order valence-corrected chi connectivity index (χ3v) is 10.0. The summed E-state index contributed by atoms with van der Waals surface area (Å²) in [5, 5.41) is 13.9. The van der Waals surface area contributed by atoms with Crippen LogP contribution < -0.4 is 10.2 Å². The Bertz CT molecular complexity index is 1520.